The number of aliphatic hydroxyl groups excluding tert-OH is 1. The summed E-state index contributed by atoms with van der Waals surface area (Å²) in [5.41, 5.74) is 2.23. The molecular weight excluding hydrogens is 270 g/mol. The third-order valence-corrected chi connectivity index (χ3v) is 4.41. The number of hydrogen-bond donors (Lipinski definition) is 3. The highest BCUT2D eigenvalue weighted by atomic mass is 32.2. The average Bonchev–Trinajstić information content (AvgIpc) is 2.43. The summed E-state index contributed by atoms with van der Waals surface area (Å²) in [4.78, 5) is 7.56. The number of hydrazine groups is 1. The summed E-state index contributed by atoms with van der Waals surface area (Å²) in [7, 11) is -2.07. The quantitative estimate of drug-likeness (QED) is 0.336. The molecule has 8 nitrogen and oxygen atoms in total. The Kier molecular flexibility index (Phi) is 6.09. The first-order chi connectivity index (χ1) is 9.02. The molecule has 1 heterocycles. The lowest BCUT2D eigenvalue weighted by Gasteiger charge is -2.16. The molecule has 1 aromatic rings. The minimum atomic E-state index is -3.57. The molecule has 0 atom stereocenters. The first-order valence-electron chi connectivity index (χ1n) is 5.88. The van der Waals surface area contributed by atoms with Gasteiger partial charge in [0.1, 0.15) is 4.90 Å². The maximum absolute atomic E-state index is 12.1. The van der Waals surface area contributed by atoms with Gasteiger partial charge in [-0.2, -0.15) is 0 Å². The van der Waals surface area contributed by atoms with Crippen molar-refractivity contribution in [2.45, 2.75) is 24.2 Å². The minimum absolute atomic E-state index is 0.0242. The lowest BCUT2D eigenvalue weighted by atomic mass is 10.2. The Morgan fingerprint density at radius 1 is 1.32 bits per heavy atom. The van der Waals surface area contributed by atoms with Gasteiger partial charge in [-0.05, 0) is 19.3 Å². The van der Waals surface area contributed by atoms with Gasteiger partial charge in [0.15, 0.2) is 0 Å². The highest BCUT2D eigenvalue weighted by Crippen LogP contribution is 2.13. The molecule has 1 aromatic heterocycles. The normalized spacial score (nSPS) is 11.8. The predicted molar refractivity (Wildman–Crippen MR) is 70.6 cm³/mol. The van der Waals surface area contributed by atoms with Crippen LogP contribution < -0.4 is 11.3 Å². The Hall–Kier alpha value is -1.29. The summed E-state index contributed by atoms with van der Waals surface area (Å²) in [6.45, 7) is 0.511. The monoisotopic (exact) mass is 289 g/mol. The van der Waals surface area contributed by atoms with Gasteiger partial charge in [0.05, 0.1) is 12.4 Å². The maximum Gasteiger partial charge on any atom is 0.245 e. The second-order valence-corrected chi connectivity index (χ2v) is 6.04. The summed E-state index contributed by atoms with van der Waals surface area (Å²) < 4.78 is 25.5. The highest BCUT2D eigenvalue weighted by molar-refractivity contribution is 7.89. The Morgan fingerprint density at radius 3 is 2.47 bits per heavy atom. The molecule has 0 saturated carbocycles. The molecule has 0 amide bonds. The van der Waals surface area contributed by atoms with Gasteiger partial charge in [-0.15, -0.1) is 0 Å². The van der Waals surface area contributed by atoms with Gasteiger partial charge in [-0.3, -0.25) is 5.43 Å². The second-order valence-electron chi connectivity index (χ2n) is 4.00. The van der Waals surface area contributed by atoms with E-state index in [2.05, 4.69) is 15.4 Å². The van der Waals surface area contributed by atoms with Crippen LogP contribution in [0.4, 0.5) is 5.95 Å². The molecule has 0 aromatic carbocycles. The van der Waals surface area contributed by atoms with E-state index in [4.69, 9.17) is 10.9 Å². The van der Waals surface area contributed by atoms with Crippen LogP contribution in [0.2, 0.25) is 0 Å². The van der Waals surface area contributed by atoms with Crippen molar-refractivity contribution in [3.63, 3.8) is 0 Å². The molecule has 0 unspecified atom stereocenters. The summed E-state index contributed by atoms with van der Waals surface area (Å²) in [6.07, 6.45) is 4.57. The number of rotatable bonds is 8. The van der Waals surface area contributed by atoms with Crippen LogP contribution >= 0.6 is 0 Å². The van der Waals surface area contributed by atoms with Crippen LogP contribution in [0, 0.1) is 0 Å². The van der Waals surface area contributed by atoms with Crippen LogP contribution in [0.15, 0.2) is 17.3 Å². The van der Waals surface area contributed by atoms with E-state index < -0.39 is 10.0 Å². The lowest BCUT2D eigenvalue weighted by Crippen LogP contribution is -2.28. The van der Waals surface area contributed by atoms with Crippen molar-refractivity contribution in [1.29, 1.82) is 0 Å². The van der Waals surface area contributed by atoms with E-state index in [1.165, 1.54) is 23.7 Å². The molecule has 9 heteroatoms. The number of aromatic nitrogens is 2. The minimum Gasteiger partial charge on any atom is -0.396 e. The molecule has 1 rings (SSSR count). The van der Waals surface area contributed by atoms with Crippen LogP contribution in [0.25, 0.3) is 0 Å². The van der Waals surface area contributed by atoms with Gasteiger partial charge in [-0.1, -0.05) is 0 Å². The number of anilines is 1. The number of nitrogens with zero attached hydrogens (tertiary/aromatic N) is 3. The van der Waals surface area contributed by atoms with Crippen molar-refractivity contribution >= 4 is 16.0 Å². The molecule has 0 bridgehead atoms. The number of sulfonamides is 1. The number of nitrogen functional groups attached to an aromatic ring is 1. The van der Waals surface area contributed by atoms with Crippen molar-refractivity contribution in [3.05, 3.63) is 12.4 Å². The Balaban J connectivity index is 2.67. The second kappa shape index (κ2) is 7.34. The molecule has 4 N–H and O–H groups in total. The van der Waals surface area contributed by atoms with Crippen LogP contribution in [0.3, 0.4) is 0 Å². The van der Waals surface area contributed by atoms with Gasteiger partial charge in [0.2, 0.25) is 16.0 Å². The van der Waals surface area contributed by atoms with Crippen molar-refractivity contribution in [2.24, 2.45) is 5.84 Å². The zero-order chi connectivity index (χ0) is 14.3. The molecule has 0 fully saturated rings. The molecule has 19 heavy (non-hydrogen) atoms. The van der Waals surface area contributed by atoms with Gasteiger partial charge >= 0.3 is 0 Å². The summed E-state index contributed by atoms with van der Waals surface area (Å²) in [5.74, 6) is 5.26. The van der Waals surface area contributed by atoms with Crippen molar-refractivity contribution in [2.75, 3.05) is 25.6 Å². The van der Waals surface area contributed by atoms with Gasteiger partial charge in [0.25, 0.3) is 0 Å². The van der Waals surface area contributed by atoms with Crippen molar-refractivity contribution < 1.29 is 13.5 Å². The zero-order valence-electron chi connectivity index (χ0n) is 10.8. The Labute approximate surface area is 112 Å². The van der Waals surface area contributed by atoms with Crippen LogP contribution in [0.5, 0.6) is 0 Å². The number of nitrogens with one attached hydrogen (secondary N) is 1. The average molecular weight is 289 g/mol. The molecule has 0 saturated heterocycles. The fourth-order valence-corrected chi connectivity index (χ4v) is 2.55. The molecule has 108 valence electrons. The molecule has 0 aliphatic carbocycles. The fraction of sp³-hybridized carbons (Fsp3) is 0.600. The highest BCUT2D eigenvalue weighted by Gasteiger charge is 2.21. The van der Waals surface area contributed by atoms with Crippen LogP contribution in [0.1, 0.15) is 19.3 Å². The predicted octanol–water partition coefficient (Wildman–Crippen LogP) is -0.455. The summed E-state index contributed by atoms with van der Waals surface area (Å²) in [6, 6.07) is 0. The third kappa shape index (κ3) is 4.39. The van der Waals surface area contributed by atoms with E-state index in [-0.39, 0.29) is 17.5 Å². The SMILES string of the molecule is CN(CCCCCO)S(=O)(=O)c1cnc(NN)nc1. The van der Waals surface area contributed by atoms with E-state index in [1.54, 1.807) is 0 Å². The Morgan fingerprint density at radius 2 is 1.95 bits per heavy atom. The molecule has 0 aliphatic heterocycles. The molecular formula is C10H19N5O3S. The first-order valence-corrected chi connectivity index (χ1v) is 7.32. The standard InChI is InChI=1S/C10H19N5O3S/c1-15(5-3-2-4-6-16)19(17,18)9-7-12-10(14-11)13-8-9/h7-8,16H,2-6,11H2,1H3,(H,12,13,14). The van der Waals surface area contributed by atoms with E-state index in [0.717, 1.165) is 6.42 Å². The molecule has 0 aliphatic rings. The van der Waals surface area contributed by atoms with E-state index >= 15 is 0 Å². The van der Waals surface area contributed by atoms with Gasteiger partial charge < -0.3 is 5.11 Å². The fourth-order valence-electron chi connectivity index (χ4n) is 1.45. The largest absolute Gasteiger partial charge is 0.396 e. The van der Waals surface area contributed by atoms with Crippen molar-refractivity contribution in [3.8, 4) is 0 Å². The number of hydrogen-bond acceptors (Lipinski definition) is 7. The molecule has 0 spiro atoms. The van der Waals surface area contributed by atoms with Gasteiger partial charge in [0, 0.05) is 20.2 Å². The van der Waals surface area contributed by atoms with Crippen molar-refractivity contribution in [1.82, 2.24) is 14.3 Å². The van der Waals surface area contributed by atoms with Crippen LogP contribution in [-0.2, 0) is 10.0 Å². The maximum atomic E-state index is 12.1. The number of unbranched alkanes of at least 4 members (excludes halogenated alkanes) is 2. The topological polar surface area (TPSA) is 121 Å². The van der Waals surface area contributed by atoms with E-state index in [9.17, 15) is 8.42 Å². The first kappa shape index (κ1) is 15.8. The number of nitrogens with two attached hydrogens (primary N) is 1. The van der Waals surface area contributed by atoms with E-state index in [1.807, 2.05) is 0 Å². The van der Waals surface area contributed by atoms with E-state index in [0.29, 0.717) is 19.4 Å². The van der Waals surface area contributed by atoms with Crippen LogP contribution in [-0.4, -0.2) is 48.0 Å². The third-order valence-electron chi connectivity index (χ3n) is 2.60. The lowest BCUT2D eigenvalue weighted by molar-refractivity contribution is 0.281. The zero-order valence-corrected chi connectivity index (χ0v) is 11.6. The smallest absolute Gasteiger partial charge is 0.245 e. The van der Waals surface area contributed by atoms with Gasteiger partial charge in [-0.25, -0.2) is 28.5 Å². The summed E-state index contributed by atoms with van der Waals surface area (Å²) >= 11 is 0. The Bertz CT molecular complexity index is 476. The molecule has 0 radical (unpaired) electrons. The number of aliphatic hydroxyl groups is 1. The summed E-state index contributed by atoms with van der Waals surface area (Å²) in [5, 5.41) is 8.65.